The summed E-state index contributed by atoms with van der Waals surface area (Å²) in [4.78, 5) is 13.6. The second-order valence-electron chi connectivity index (χ2n) is 6.39. The van der Waals surface area contributed by atoms with Gasteiger partial charge in [0.1, 0.15) is 5.82 Å². The zero-order valence-corrected chi connectivity index (χ0v) is 16.1. The summed E-state index contributed by atoms with van der Waals surface area (Å²) in [6, 6.07) is 8.83. The Hall–Kier alpha value is -2.01. The lowest BCUT2D eigenvalue weighted by Gasteiger charge is -2.25. The highest BCUT2D eigenvalue weighted by atomic mass is 32.2. The first kappa shape index (κ1) is 17.8. The Bertz CT molecular complexity index is 759. The van der Waals surface area contributed by atoms with Crippen LogP contribution < -0.4 is 9.80 Å². The molecule has 1 aliphatic heterocycles. The highest BCUT2D eigenvalue weighted by Crippen LogP contribution is 2.33. The summed E-state index contributed by atoms with van der Waals surface area (Å²) in [5.74, 6) is 0.967. The molecule has 5 heteroatoms. The molecule has 0 aliphatic carbocycles. The van der Waals surface area contributed by atoms with Crippen LogP contribution >= 0.6 is 11.8 Å². The fourth-order valence-corrected chi connectivity index (χ4v) is 3.47. The number of aryl methyl sites for hydroxylation is 1. The third kappa shape index (κ3) is 3.82. The van der Waals surface area contributed by atoms with Crippen molar-refractivity contribution in [3.05, 3.63) is 48.2 Å². The molecular formula is C20H26N4S. The Balaban J connectivity index is 1.94. The summed E-state index contributed by atoms with van der Waals surface area (Å²) in [5, 5.41) is 0.799. The number of nitrogens with zero attached hydrogens (tertiary/aromatic N) is 4. The van der Waals surface area contributed by atoms with E-state index in [0.717, 1.165) is 41.7 Å². The largest absolute Gasteiger partial charge is 0.357 e. The van der Waals surface area contributed by atoms with Gasteiger partial charge in [-0.2, -0.15) is 0 Å². The van der Waals surface area contributed by atoms with Crippen LogP contribution in [0, 0.1) is 0 Å². The van der Waals surface area contributed by atoms with Gasteiger partial charge in [-0.25, -0.2) is 9.97 Å². The van der Waals surface area contributed by atoms with Crippen molar-refractivity contribution in [2.24, 2.45) is 0 Å². The van der Waals surface area contributed by atoms with Crippen LogP contribution in [-0.2, 0) is 6.42 Å². The summed E-state index contributed by atoms with van der Waals surface area (Å²) in [5.41, 5.74) is 4.57. The van der Waals surface area contributed by atoms with Crippen molar-refractivity contribution in [3.63, 3.8) is 0 Å². The van der Waals surface area contributed by atoms with E-state index in [9.17, 15) is 0 Å². The van der Waals surface area contributed by atoms with Gasteiger partial charge in [-0.15, -0.1) is 0 Å². The van der Waals surface area contributed by atoms with Crippen molar-refractivity contribution in [2.75, 3.05) is 36.2 Å². The van der Waals surface area contributed by atoms with Crippen LogP contribution in [0.5, 0.6) is 0 Å². The molecule has 1 aliphatic rings. The van der Waals surface area contributed by atoms with Crippen LogP contribution in [0.3, 0.4) is 0 Å². The second kappa shape index (κ2) is 7.91. The molecule has 3 rings (SSSR count). The number of aromatic nitrogens is 2. The van der Waals surface area contributed by atoms with E-state index in [2.05, 4.69) is 59.6 Å². The first-order valence-corrected chi connectivity index (χ1v) is 10.0. The summed E-state index contributed by atoms with van der Waals surface area (Å²) in [7, 11) is 2.09. The normalized spacial score (nSPS) is 14.4. The molecule has 2 aromatic rings. The summed E-state index contributed by atoms with van der Waals surface area (Å²) < 4.78 is 0. The second-order valence-corrected chi connectivity index (χ2v) is 7.16. The summed E-state index contributed by atoms with van der Waals surface area (Å²) in [6.45, 7) is 8.39. The zero-order valence-electron chi connectivity index (χ0n) is 15.3. The summed E-state index contributed by atoms with van der Waals surface area (Å²) >= 11 is 1.57. The summed E-state index contributed by atoms with van der Waals surface area (Å²) in [6.07, 6.45) is 7.48. The highest BCUT2D eigenvalue weighted by Gasteiger charge is 2.23. The minimum Gasteiger partial charge on any atom is -0.357 e. The fraction of sp³-hybridized carbons (Fsp3) is 0.400. The number of anilines is 2. The molecule has 0 radical (unpaired) electrons. The smallest absolute Gasteiger partial charge is 0.189 e. The van der Waals surface area contributed by atoms with Gasteiger partial charge >= 0.3 is 0 Å². The number of hydrogen-bond donors (Lipinski definition) is 0. The first-order chi connectivity index (χ1) is 12.1. The van der Waals surface area contributed by atoms with Crippen molar-refractivity contribution >= 4 is 29.0 Å². The molecule has 1 aromatic carbocycles. The lowest BCUT2D eigenvalue weighted by atomic mass is 10.1. The third-order valence-corrected chi connectivity index (χ3v) is 5.19. The van der Waals surface area contributed by atoms with Gasteiger partial charge < -0.3 is 9.80 Å². The lowest BCUT2D eigenvalue weighted by Crippen LogP contribution is -2.28. The van der Waals surface area contributed by atoms with E-state index in [4.69, 9.17) is 4.98 Å². The van der Waals surface area contributed by atoms with Crippen LogP contribution in [0.1, 0.15) is 30.9 Å². The minimum atomic E-state index is 0.799. The molecule has 25 heavy (non-hydrogen) atoms. The van der Waals surface area contributed by atoms with Gasteiger partial charge in [-0.1, -0.05) is 43.8 Å². The van der Waals surface area contributed by atoms with Crippen LogP contribution in [0.15, 0.2) is 42.2 Å². The standard InChI is InChI=1S/C20H26N4S/c1-5-6-8-16-9-7-10-17(13-16)24-12-11-23(3)19-18(15(24)2)14-21-20(22-19)25-4/h7,9-10,13-14H,2,5-6,8,11-12H2,1,3-4H3. The molecule has 0 spiro atoms. The number of rotatable bonds is 5. The molecule has 0 saturated carbocycles. The van der Waals surface area contributed by atoms with Crippen LogP contribution in [0.4, 0.5) is 11.5 Å². The molecule has 2 heterocycles. The first-order valence-electron chi connectivity index (χ1n) is 8.82. The maximum atomic E-state index is 4.70. The number of hydrogen-bond acceptors (Lipinski definition) is 5. The lowest BCUT2D eigenvalue weighted by molar-refractivity contribution is 0.794. The average Bonchev–Trinajstić information content (AvgIpc) is 2.77. The van der Waals surface area contributed by atoms with Gasteiger partial charge in [-0.3, -0.25) is 0 Å². The molecule has 0 bridgehead atoms. The fourth-order valence-electron chi connectivity index (χ4n) is 3.13. The Kier molecular flexibility index (Phi) is 5.63. The Morgan fingerprint density at radius 2 is 2.12 bits per heavy atom. The van der Waals surface area contributed by atoms with E-state index in [1.807, 2.05) is 12.5 Å². The molecule has 0 atom stereocenters. The maximum Gasteiger partial charge on any atom is 0.189 e. The number of thioether (sulfide) groups is 1. The van der Waals surface area contributed by atoms with E-state index in [1.165, 1.54) is 24.1 Å². The molecule has 0 N–H and O–H groups in total. The third-order valence-electron chi connectivity index (χ3n) is 4.63. The van der Waals surface area contributed by atoms with Crippen molar-refractivity contribution in [3.8, 4) is 0 Å². The Morgan fingerprint density at radius 3 is 2.88 bits per heavy atom. The molecule has 0 amide bonds. The molecule has 132 valence electrons. The maximum absolute atomic E-state index is 4.70. The molecule has 0 unspecified atom stereocenters. The predicted octanol–water partition coefficient (Wildman–Crippen LogP) is 4.47. The average molecular weight is 355 g/mol. The molecule has 1 aromatic heterocycles. The monoisotopic (exact) mass is 354 g/mol. The van der Waals surface area contributed by atoms with Gasteiger partial charge in [0.25, 0.3) is 0 Å². The van der Waals surface area contributed by atoms with Crippen LogP contribution in [-0.4, -0.2) is 36.4 Å². The molecule has 4 nitrogen and oxygen atoms in total. The van der Waals surface area contributed by atoms with E-state index in [-0.39, 0.29) is 0 Å². The number of unbranched alkanes of at least 4 members (excludes halogenated alkanes) is 1. The molecule has 0 fully saturated rings. The quantitative estimate of drug-likeness (QED) is 0.584. The van der Waals surface area contributed by atoms with Gasteiger partial charge in [0.15, 0.2) is 5.16 Å². The van der Waals surface area contributed by atoms with Crippen molar-refractivity contribution in [1.29, 1.82) is 0 Å². The Morgan fingerprint density at radius 1 is 1.28 bits per heavy atom. The zero-order chi connectivity index (χ0) is 17.8. The topological polar surface area (TPSA) is 32.3 Å². The number of likely N-dealkylation sites (N-methyl/N-ethyl adjacent to an activating group) is 1. The van der Waals surface area contributed by atoms with Crippen molar-refractivity contribution < 1.29 is 0 Å². The molecule has 0 saturated heterocycles. The number of fused-ring (bicyclic) bond motifs is 1. The molecular weight excluding hydrogens is 328 g/mol. The van der Waals surface area contributed by atoms with E-state index >= 15 is 0 Å². The SMILES string of the molecule is C=C1c2cnc(SC)nc2N(C)CCN1c1cccc(CCCC)c1. The van der Waals surface area contributed by atoms with Crippen LogP contribution in [0.2, 0.25) is 0 Å². The number of benzene rings is 1. The van der Waals surface area contributed by atoms with Crippen LogP contribution in [0.25, 0.3) is 5.70 Å². The van der Waals surface area contributed by atoms with Gasteiger partial charge in [0, 0.05) is 37.7 Å². The van der Waals surface area contributed by atoms with Gasteiger partial charge in [0.05, 0.1) is 5.56 Å². The Labute approximate surface area is 155 Å². The minimum absolute atomic E-state index is 0.799. The highest BCUT2D eigenvalue weighted by molar-refractivity contribution is 7.98. The van der Waals surface area contributed by atoms with E-state index in [0.29, 0.717) is 0 Å². The van der Waals surface area contributed by atoms with Gasteiger partial charge in [-0.05, 0) is 36.8 Å². The van der Waals surface area contributed by atoms with Crippen molar-refractivity contribution in [2.45, 2.75) is 31.3 Å². The predicted molar refractivity (Wildman–Crippen MR) is 109 cm³/mol. The van der Waals surface area contributed by atoms with Gasteiger partial charge in [0.2, 0.25) is 0 Å². The van der Waals surface area contributed by atoms with Crippen molar-refractivity contribution in [1.82, 2.24) is 9.97 Å². The van der Waals surface area contributed by atoms with E-state index in [1.54, 1.807) is 11.8 Å². The van der Waals surface area contributed by atoms with E-state index < -0.39 is 0 Å².